The Labute approximate surface area is 97.0 Å². The van der Waals surface area contributed by atoms with Gasteiger partial charge in [0.15, 0.2) is 0 Å². The summed E-state index contributed by atoms with van der Waals surface area (Å²) in [5.74, 6) is -0.142. The summed E-state index contributed by atoms with van der Waals surface area (Å²) in [6.45, 7) is 0. The highest BCUT2D eigenvalue weighted by Gasteiger charge is 2.34. The number of halogens is 1. The van der Waals surface area contributed by atoms with Gasteiger partial charge in [-0.05, 0) is 24.3 Å². The third kappa shape index (κ3) is 1.57. The second-order valence-corrected chi connectivity index (χ2v) is 5.47. The van der Waals surface area contributed by atoms with Crippen LogP contribution in [0.25, 0.3) is 11.1 Å². The fourth-order valence-electron chi connectivity index (χ4n) is 1.92. The van der Waals surface area contributed by atoms with Gasteiger partial charge >= 0.3 is 7.60 Å². The molecule has 1 heterocycles. The summed E-state index contributed by atoms with van der Waals surface area (Å²) in [5.41, 5.74) is 1.04. The molecule has 0 aromatic heterocycles. The van der Waals surface area contributed by atoms with Crippen LogP contribution < -0.4 is 9.83 Å². The first kappa shape index (κ1) is 10.5. The van der Waals surface area contributed by atoms with Gasteiger partial charge in [0.1, 0.15) is 11.6 Å². The minimum atomic E-state index is -3.90. The molecule has 3 rings (SSSR count). The fraction of sp³-hybridized carbons (Fsp3) is 0. The summed E-state index contributed by atoms with van der Waals surface area (Å²) in [6.07, 6.45) is 0. The van der Waals surface area contributed by atoms with Gasteiger partial charge in [-0.15, -0.1) is 0 Å². The van der Waals surface area contributed by atoms with Gasteiger partial charge in [-0.3, -0.25) is 0 Å². The first-order chi connectivity index (χ1) is 8.08. The average Bonchev–Trinajstić information content (AvgIpc) is 2.28. The second-order valence-electron chi connectivity index (χ2n) is 3.77. The van der Waals surface area contributed by atoms with Gasteiger partial charge in [-0.2, -0.15) is 0 Å². The molecule has 1 atom stereocenters. The van der Waals surface area contributed by atoms with Crippen molar-refractivity contribution in [2.45, 2.75) is 0 Å². The van der Waals surface area contributed by atoms with Crippen LogP contribution in [0.3, 0.4) is 0 Å². The van der Waals surface area contributed by atoms with Crippen molar-refractivity contribution in [2.75, 3.05) is 0 Å². The molecule has 1 unspecified atom stereocenters. The molecule has 0 saturated carbocycles. The Kier molecular flexibility index (Phi) is 2.12. The van der Waals surface area contributed by atoms with Gasteiger partial charge in [0.05, 0.1) is 5.30 Å². The normalized spacial score (nSPS) is 21.3. The quantitative estimate of drug-likeness (QED) is 0.731. The van der Waals surface area contributed by atoms with Gasteiger partial charge in [0.25, 0.3) is 0 Å². The summed E-state index contributed by atoms with van der Waals surface area (Å²) in [4.78, 5) is 9.78. The highest BCUT2D eigenvalue weighted by atomic mass is 31.2. The number of benzene rings is 2. The Morgan fingerprint density at radius 3 is 2.71 bits per heavy atom. The van der Waals surface area contributed by atoms with Crippen molar-refractivity contribution < 1.29 is 18.4 Å². The lowest BCUT2D eigenvalue weighted by Gasteiger charge is -2.24. The molecule has 0 radical (unpaired) electrons. The summed E-state index contributed by atoms with van der Waals surface area (Å²) in [7, 11) is -3.90. The number of para-hydroxylation sites is 1. The Hall–Kier alpha value is -1.64. The maximum absolute atomic E-state index is 13.2. The van der Waals surface area contributed by atoms with Gasteiger partial charge in [0.2, 0.25) is 0 Å². The Bertz CT molecular complexity index is 654. The van der Waals surface area contributed by atoms with Crippen LogP contribution in [0, 0.1) is 5.82 Å². The number of hydrogen-bond donors (Lipinski definition) is 1. The molecule has 1 aliphatic heterocycles. The van der Waals surface area contributed by atoms with Crippen LogP contribution in [-0.2, 0) is 4.57 Å². The van der Waals surface area contributed by atoms with Crippen LogP contribution in [-0.4, -0.2) is 4.89 Å². The van der Waals surface area contributed by atoms with E-state index in [9.17, 15) is 13.8 Å². The summed E-state index contributed by atoms with van der Waals surface area (Å²) >= 11 is 0. The first-order valence-corrected chi connectivity index (χ1v) is 6.57. The van der Waals surface area contributed by atoms with E-state index in [4.69, 9.17) is 4.52 Å². The summed E-state index contributed by atoms with van der Waals surface area (Å²) < 4.78 is 30.2. The second kappa shape index (κ2) is 3.42. The lowest BCUT2D eigenvalue weighted by molar-refractivity contribution is 0.392. The smallest absolute Gasteiger partial charge is 0.408 e. The molecule has 0 spiro atoms. The molecule has 0 bridgehead atoms. The summed E-state index contributed by atoms with van der Waals surface area (Å²) in [6, 6.07) is 10.5. The molecule has 0 fully saturated rings. The van der Waals surface area contributed by atoms with E-state index >= 15 is 0 Å². The van der Waals surface area contributed by atoms with Crippen LogP contribution in [0.15, 0.2) is 42.5 Å². The molecule has 2 aromatic rings. The van der Waals surface area contributed by atoms with E-state index in [-0.39, 0.29) is 5.30 Å². The zero-order valence-corrected chi connectivity index (χ0v) is 9.52. The lowest BCUT2D eigenvalue weighted by atomic mass is 10.0. The predicted octanol–water partition coefficient (Wildman–Crippen LogP) is 2.70. The molecule has 5 heteroatoms. The zero-order valence-electron chi connectivity index (χ0n) is 8.63. The monoisotopic (exact) mass is 250 g/mol. The molecule has 0 amide bonds. The Morgan fingerprint density at radius 1 is 1.12 bits per heavy atom. The third-order valence-electron chi connectivity index (χ3n) is 2.66. The standard InChI is InChI=1S/C12H8FO3P/c13-8-5-6-12-10(7-8)9-3-1-2-4-11(9)16-17(12,14)15/h1-7H,(H,14,15). The van der Waals surface area contributed by atoms with Crippen LogP contribution >= 0.6 is 7.60 Å². The van der Waals surface area contributed by atoms with Crippen molar-refractivity contribution in [3.63, 3.8) is 0 Å². The molecular weight excluding hydrogens is 242 g/mol. The number of hydrogen-bond acceptors (Lipinski definition) is 2. The van der Waals surface area contributed by atoms with E-state index in [0.717, 1.165) is 6.07 Å². The van der Waals surface area contributed by atoms with Crippen LogP contribution in [0.2, 0.25) is 0 Å². The Morgan fingerprint density at radius 2 is 1.88 bits per heavy atom. The van der Waals surface area contributed by atoms with E-state index in [1.54, 1.807) is 24.3 Å². The SMILES string of the molecule is O=P1(O)Oc2ccccc2-c2cc(F)ccc21. The molecule has 17 heavy (non-hydrogen) atoms. The molecule has 86 valence electrons. The van der Waals surface area contributed by atoms with Crippen molar-refractivity contribution in [3.05, 3.63) is 48.3 Å². The van der Waals surface area contributed by atoms with Gasteiger partial charge in [-0.1, -0.05) is 18.2 Å². The van der Waals surface area contributed by atoms with Crippen molar-refractivity contribution in [1.82, 2.24) is 0 Å². The first-order valence-electron chi connectivity index (χ1n) is 5.00. The van der Waals surface area contributed by atoms with E-state index in [1.807, 2.05) is 0 Å². The number of fused-ring (bicyclic) bond motifs is 3. The van der Waals surface area contributed by atoms with Crippen molar-refractivity contribution in [1.29, 1.82) is 0 Å². The minimum Gasteiger partial charge on any atom is -0.421 e. The van der Waals surface area contributed by atoms with Crippen LogP contribution in [0.4, 0.5) is 4.39 Å². The van der Waals surface area contributed by atoms with Crippen molar-refractivity contribution >= 4 is 12.9 Å². The highest BCUT2D eigenvalue weighted by molar-refractivity contribution is 7.62. The minimum absolute atomic E-state index is 0.137. The zero-order chi connectivity index (χ0) is 12.0. The maximum atomic E-state index is 13.2. The van der Waals surface area contributed by atoms with E-state index < -0.39 is 13.4 Å². The molecule has 0 saturated heterocycles. The summed E-state index contributed by atoms with van der Waals surface area (Å²) in [5, 5.41) is 0.137. The van der Waals surface area contributed by atoms with Gasteiger partial charge in [0, 0.05) is 11.1 Å². The molecule has 1 N–H and O–H groups in total. The molecular formula is C12H8FO3P. The van der Waals surface area contributed by atoms with Gasteiger partial charge < -0.3 is 9.42 Å². The van der Waals surface area contributed by atoms with Crippen molar-refractivity contribution in [3.8, 4) is 16.9 Å². The topological polar surface area (TPSA) is 46.5 Å². The van der Waals surface area contributed by atoms with Gasteiger partial charge in [-0.25, -0.2) is 8.96 Å². The highest BCUT2D eigenvalue weighted by Crippen LogP contribution is 2.51. The van der Waals surface area contributed by atoms with E-state index in [0.29, 0.717) is 16.9 Å². The molecule has 3 nitrogen and oxygen atoms in total. The van der Waals surface area contributed by atoms with Crippen molar-refractivity contribution in [2.24, 2.45) is 0 Å². The van der Waals surface area contributed by atoms with Crippen LogP contribution in [0.5, 0.6) is 5.75 Å². The maximum Gasteiger partial charge on any atom is 0.408 e. The molecule has 2 aromatic carbocycles. The molecule has 0 aliphatic carbocycles. The number of rotatable bonds is 0. The molecule has 1 aliphatic rings. The van der Waals surface area contributed by atoms with E-state index in [1.165, 1.54) is 12.1 Å². The predicted molar refractivity (Wildman–Crippen MR) is 61.9 cm³/mol. The third-order valence-corrected chi connectivity index (χ3v) is 4.11. The largest absolute Gasteiger partial charge is 0.421 e. The lowest BCUT2D eigenvalue weighted by Crippen LogP contribution is -2.17. The average molecular weight is 250 g/mol. The Balaban J connectivity index is 2.38. The van der Waals surface area contributed by atoms with Crippen LogP contribution in [0.1, 0.15) is 0 Å². The van der Waals surface area contributed by atoms with E-state index in [2.05, 4.69) is 0 Å². The fourth-order valence-corrected chi connectivity index (χ4v) is 3.20.